The van der Waals surface area contributed by atoms with Gasteiger partial charge in [-0.2, -0.15) is 11.3 Å². The highest BCUT2D eigenvalue weighted by atomic mass is 32.1. The van der Waals surface area contributed by atoms with Gasteiger partial charge in [-0.15, -0.1) is 0 Å². The maximum absolute atomic E-state index is 11.5. The van der Waals surface area contributed by atoms with E-state index < -0.39 is 0 Å². The van der Waals surface area contributed by atoms with Gasteiger partial charge in [0.1, 0.15) is 0 Å². The Morgan fingerprint density at radius 3 is 3.07 bits per heavy atom. The van der Waals surface area contributed by atoms with Gasteiger partial charge in [-0.25, -0.2) is 0 Å². The van der Waals surface area contributed by atoms with Crippen LogP contribution in [0, 0.1) is 0 Å². The van der Waals surface area contributed by atoms with E-state index in [2.05, 4.69) is 10.3 Å². The SMILES string of the molecule is O=C(NCc1cc[nH]c1)c1ccsc1. The summed E-state index contributed by atoms with van der Waals surface area (Å²) < 4.78 is 0. The molecule has 3 nitrogen and oxygen atoms in total. The molecule has 0 unspecified atom stereocenters. The molecule has 2 aromatic rings. The van der Waals surface area contributed by atoms with Crippen LogP contribution in [0.25, 0.3) is 0 Å². The van der Waals surface area contributed by atoms with Gasteiger partial charge in [0, 0.05) is 29.9 Å². The molecule has 72 valence electrons. The van der Waals surface area contributed by atoms with Crippen LogP contribution in [0.1, 0.15) is 15.9 Å². The van der Waals surface area contributed by atoms with Crippen LogP contribution in [-0.4, -0.2) is 10.9 Å². The minimum absolute atomic E-state index is 0.0209. The lowest BCUT2D eigenvalue weighted by molar-refractivity contribution is 0.0951. The molecule has 2 N–H and O–H groups in total. The van der Waals surface area contributed by atoms with Gasteiger partial charge in [-0.05, 0) is 23.1 Å². The number of carbonyl (C=O) groups is 1. The lowest BCUT2D eigenvalue weighted by Crippen LogP contribution is -2.21. The van der Waals surface area contributed by atoms with Crippen molar-refractivity contribution in [2.45, 2.75) is 6.54 Å². The second-order valence-corrected chi connectivity index (χ2v) is 3.69. The number of H-pyrrole nitrogens is 1. The summed E-state index contributed by atoms with van der Waals surface area (Å²) in [7, 11) is 0. The smallest absolute Gasteiger partial charge is 0.252 e. The zero-order valence-corrected chi connectivity index (χ0v) is 8.30. The van der Waals surface area contributed by atoms with Crippen molar-refractivity contribution >= 4 is 17.2 Å². The second-order valence-electron chi connectivity index (χ2n) is 2.91. The third kappa shape index (κ3) is 2.03. The summed E-state index contributed by atoms with van der Waals surface area (Å²) >= 11 is 1.52. The predicted molar refractivity (Wildman–Crippen MR) is 56.3 cm³/mol. The van der Waals surface area contributed by atoms with E-state index in [9.17, 15) is 4.79 Å². The number of hydrogen-bond acceptors (Lipinski definition) is 2. The molecular weight excluding hydrogens is 196 g/mol. The number of amides is 1. The molecule has 0 aliphatic heterocycles. The van der Waals surface area contributed by atoms with Crippen molar-refractivity contribution in [2.24, 2.45) is 0 Å². The van der Waals surface area contributed by atoms with Crippen LogP contribution in [0.4, 0.5) is 0 Å². The average molecular weight is 206 g/mol. The first-order valence-electron chi connectivity index (χ1n) is 4.28. The molecular formula is C10H10N2OS. The monoisotopic (exact) mass is 206 g/mol. The van der Waals surface area contributed by atoms with Gasteiger partial charge in [0.25, 0.3) is 5.91 Å². The van der Waals surface area contributed by atoms with E-state index in [4.69, 9.17) is 0 Å². The Kier molecular flexibility index (Phi) is 2.65. The molecule has 0 spiro atoms. The number of aromatic nitrogens is 1. The molecule has 2 rings (SSSR count). The molecule has 0 fully saturated rings. The van der Waals surface area contributed by atoms with E-state index in [1.165, 1.54) is 11.3 Å². The number of aromatic amines is 1. The molecule has 0 atom stereocenters. The zero-order valence-electron chi connectivity index (χ0n) is 7.49. The zero-order chi connectivity index (χ0) is 9.80. The maximum Gasteiger partial charge on any atom is 0.252 e. The number of nitrogens with one attached hydrogen (secondary N) is 2. The van der Waals surface area contributed by atoms with Crippen LogP contribution in [-0.2, 0) is 6.54 Å². The lowest BCUT2D eigenvalue weighted by Gasteiger charge is -2.00. The van der Waals surface area contributed by atoms with E-state index in [1.807, 2.05) is 35.3 Å². The van der Waals surface area contributed by atoms with Gasteiger partial charge in [-0.1, -0.05) is 0 Å². The van der Waals surface area contributed by atoms with Gasteiger partial charge in [0.15, 0.2) is 0 Å². The Balaban J connectivity index is 1.90. The molecule has 0 aliphatic rings. The van der Waals surface area contributed by atoms with Gasteiger partial charge in [0.05, 0.1) is 0 Å². The van der Waals surface area contributed by atoms with E-state index in [-0.39, 0.29) is 5.91 Å². The van der Waals surface area contributed by atoms with Crippen molar-refractivity contribution in [1.82, 2.24) is 10.3 Å². The molecule has 0 saturated carbocycles. The Hall–Kier alpha value is -1.55. The summed E-state index contributed by atoms with van der Waals surface area (Å²) in [6, 6.07) is 3.75. The molecule has 4 heteroatoms. The molecule has 0 aromatic carbocycles. The molecule has 0 bridgehead atoms. The van der Waals surface area contributed by atoms with Crippen molar-refractivity contribution < 1.29 is 4.79 Å². The van der Waals surface area contributed by atoms with E-state index >= 15 is 0 Å². The maximum atomic E-state index is 11.5. The van der Waals surface area contributed by atoms with Crippen molar-refractivity contribution in [3.8, 4) is 0 Å². The van der Waals surface area contributed by atoms with Gasteiger partial charge >= 0.3 is 0 Å². The second kappa shape index (κ2) is 4.11. The fourth-order valence-electron chi connectivity index (χ4n) is 1.15. The summed E-state index contributed by atoms with van der Waals surface area (Å²) in [6.07, 6.45) is 3.71. The Labute approximate surface area is 85.8 Å². The third-order valence-electron chi connectivity index (χ3n) is 1.90. The first-order valence-corrected chi connectivity index (χ1v) is 5.22. The third-order valence-corrected chi connectivity index (χ3v) is 2.58. The lowest BCUT2D eigenvalue weighted by atomic mass is 10.3. The first-order chi connectivity index (χ1) is 6.86. The Morgan fingerprint density at radius 1 is 1.50 bits per heavy atom. The summed E-state index contributed by atoms with van der Waals surface area (Å²) in [5.74, 6) is -0.0209. The largest absolute Gasteiger partial charge is 0.367 e. The van der Waals surface area contributed by atoms with Crippen LogP contribution in [0.5, 0.6) is 0 Å². The first kappa shape index (κ1) is 9.02. The molecule has 1 amide bonds. The van der Waals surface area contributed by atoms with Crippen molar-refractivity contribution in [3.63, 3.8) is 0 Å². The molecule has 0 aliphatic carbocycles. The quantitative estimate of drug-likeness (QED) is 0.792. The van der Waals surface area contributed by atoms with Crippen molar-refractivity contribution in [1.29, 1.82) is 0 Å². The number of carbonyl (C=O) groups excluding carboxylic acids is 1. The molecule has 2 aromatic heterocycles. The minimum Gasteiger partial charge on any atom is -0.367 e. The fourth-order valence-corrected chi connectivity index (χ4v) is 1.78. The standard InChI is InChI=1S/C10H10N2OS/c13-10(9-2-4-14-7-9)12-6-8-1-3-11-5-8/h1-5,7,11H,6H2,(H,12,13). The summed E-state index contributed by atoms with van der Waals surface area (Å²) in [5.41, 5.74) is 1.80. The number of rotatable bonds is 3. The van der Waals surface area contributed by atoms with Crippen LogP contribution in [0.15, 0.2) is 35.3 Å². The summed E-state index contributed by atoms with van der Waals surface area (Å²) in [6.45, 7) is 0.568. The molecule has 2 heterocycles. The highest BCUT2D eigenvalue weighted by Gasteiger charge is 2.04. The Bertz CT molecular complexity index is 392. The van der Waals surface area contributed by atoms with Gasteiger partial charge < -0.3 is 10.3 Å². The van der Waals surface area contributed by atoms with E-state index in [0.717, 1.165) is 11.1 Å². The molecule has 0 saturated heterocycles. The van der Waals surface area contributed by atoms with Crippen LogP contribution < -0.4 is 5.32 Å². The van der Waals surface area contributed by atoms with Crippen LogP contribution in [0.2, 0.25) is 0 Å². The highest BCUT2D eigenvalue weighted by molar-refractivity contribution is 7.08. The molecule has 14 heavy (non-hydrogen) atoms. The van der Waals surface area contributed by atoms with E-state index in [0.29, 0.717) is 6.54 Å². The van der Waals surface area contributed by atoms with E-state index in [1.54, 1.807) is 0 Å². The predicted octanol–water partition coefficient (Wildman–Crippen LogP) is 2.01. The van der Waals surface area contributed by atoms with Gasteiger partial charge in [0.2, 0.25) is 0 Å². The average Bonchev–Trinajstić information content (AvgIpc) is 2.87. The summed E-state index contributed by atoms with van der Waals surface area (Å²) in [5, 5.41) is 6.57. The number of hydrogen-bond donors (Lipinski definition) is 2. The summed E-state index contributed by atoms with van der Waals surface area (Å²) in [4.78, 5) is 14.4. The fraction of sp³-hybridized carbons (Fsp3) is 0.100. The molecule has 0 radical (unpaired) electrons. The highest BCUT2D eigenvalue weighted by Crippen LogP contribution is 2.05. The van der Waals surface area contributed by atoms with Crippen LogP contribution in [0.3, 0.4) is 0 Å². The van der Waals surface area contributed by atoms with Crippen molar-refractivity contribution in [2.75, 3.05) is 0 Å². The Morgan fingerprint density at radius 2 is 2.43 bits per heavy atom. The normalized spacial score (nSPS) is 10.0. The van der Waals surface area contributed by atoms with Gasteiger partial charge in [-0.3, -0.25) is 4.79 Å². The topological polar surface area (TPSA) is 44.9 Å². The number of thiophene rings is 1. The van der Waals surface area contributed by atoms with Crippen molar-refractivity contribution in [3.05, 3.63) is 46.4 Å². The minimum atomic E-state index is -0.0209. The van der Waals surface area contributed by atoms with Crippen LogP contribution >= 0.6 is 11.3 Å².